The van der Waals surface area contributed by atoms with E-state index in [0.29, 0.717) is 30.5 Å². The minimum Gasteiger partial charge on any atom is -0.375 e. The van der Waals surface area contributed by atoms with E-state index in [1.165, 1.54) is 11.3 Å². The largest absolute Gasteiger partial charge is 0.375 e. The molecule has 20 heavy (non-hydrogen) atoms. The summed E-state index contributed by atoms with van der Waals surface area (Å²) in [6.07, 6.45) is 3.23. The second kappa shape index (κ2) is 7.02. The first-order valence-electron chi connectivity index (χ1n) is 7.14. The zero-order valence-electron chi connectivity index (χ0n) is 12.1. The molecule has 0 saturated carbocycles. The van der Waals surface area contributed by atoms with Crippen molar-refractivity contribution in [3.05, 3.63) is 16.8 Å². The Morgan fingerprint density at radius 2 is 2.30 bits per heavy atom. The van der Waals surface area contributed by atoms with Gasteiger partial charge in [-0.15, -0.1) is 0 Å². The molecule has 1 aromatic heterocycles. The van der Waals surface area contributed by atoms with E-state index >= 15 is 0 Å². The van der Waals surface area contributed by atoms with E-state index in [-0.39, 0.29) is 6.10 Å². The quantitative estimate of drug-likeness (QED) is 0.810. The molecule has 0 spiro atoms. The van der Waals surface area contributed by atoms with Gasteiger partial charge in [-0.2, -0.15) is 15.6 Å². The third kappa shape index (κ3) is 4.04. The third-order valence-corrected chi connectivity index (χ3v) is 6.24. The van der Waals surface area contributed by atoms with E-state index in [2.05, 4.69) is 13.8 Å². The van der Waals surface area contributed by atoms with Gasteiger partial charge in [0.2, 0.25) is 10.0 Å². The fourth-order valence-corrected chi connectivity index (χ4v) is 4.86. The van der Waals surface area contributed by atoms with Crippen molar-refractivity contribution in [1.29, 1.82) is 0 Å². The van der Waals surface area contributed by atoms with E-state index in [1.54, 1.807) is 21.1 Å². The lowest BCUT2D eigenvalue weighted by molar-refractivity contribution is -0.00707. The standard InChI is InChI=1S/C14H23NO3S2/c1-12(2)4-3-5-13-10-15(7-8-18-13)20(16,17)14-6-9-19-11-14/h6,9,11-13H,3-5,7-8,10H2,1-2H3. The maximum Gasteiger partial charge on any atom is 0.244 e. The summed E-state index contributed by atoms with van der Waals surface area (Å²) in [4.78, 5) is 0.408. The molecular formula is C14H23NO3S2. The number of morpholine rings is 1. The van der Waals surface area contributed by atoms with Gasteiger partial charge >= 0.3 is 0 Å². The number of hydrogen-bond donors (Lipinski definition) is 0. The van der Waals surface area contributed by atoms with Crippen LogP contribution in [0.15, 0.2) is 21.7 Å². The van der Waals surface area contributed by atoms with E-state index in [9.17, 15) is 8.42 Å². The SMILES string of the molecule is CC(C)CCCC1CN(S(=O)(=O)c2ccsc2)CCO1. The van der Waals surface area contributed by atoms with Crippen LogP contribution in [-0.2, 0) is 14.8 Å². The monoisotopic (exact) mass is 317 g/mol. The average Bonchev–Trinajstić information content (AvgIpc) is 2.93. The first-order valence-corrected chi connectivity index (χ1v) is 9.52. The van der Waals surface area contributed by atoms with Crippen LogP contribution in [-0.4, -0.2) is 38.5 Å². The van der Waals surface area contributed by atoms with Gasteiger partial charge in [0, 0.05) is 18.5 Å². The molecule has 1 fully saturated rings. The molecule has 1 aliphatic heterocycles. The number of thiophene rings is 1. The fraction of sp³-hybridized carbons (Fsp3) is 0.714. The van der Waals surface area contributed by atoms with Gasteiger partial charge < -0.3 is 4.74 Å². The van der Waals surface area contributed by atoms with Crippen LogP contribution in [0.3, 0.4) is 0 Å². The lowest BCUT2D eigenvalue weighted by Gasteiger charge is -2.32. The van der Waals surface area contributed by atoms with Gasteiger partial charge in [0.1, 0.15) is 0 Å². The van der Waals surface area contributed by atoms with Crippen molar-refractivity contribution in [3.8, 4) is 0 Å². The van der Waals surface area contributed by atoms with Gasteiger partial charge in [-0.1, -0.05) is 26.7 Å². The highest BCUT2D eigenvalue weighted by atomic mass is 32.2. The van der Waals surface area contributed by atoms with Crippen LogP contribution in [0.1, 0.15) is 33.1 Å². The van der Waals surface area contributed by atoms with Crippen LogP contribution in [0.25, 0.3) is 0 Å². The van der Waals surface area contributed by atoms with Gasteiger partial charge in [-0.25, -0.2) is 8.42 Å². The second-order valence-corrected chi connectivity index (χ2v) is 8.36. The summed E-state index contributed by atoms with van der Waals surface area (Å²) in [6.45, 7) is 5.84. The highest BCUT2D eigenvalue weighted by Crippen LogP contribution is 2.22. The molecule has 2 heterocycles. The number of nitrogens with zero attached hydrogens (tertiary/aromatic N) is 1. The maximum atomic E-state index is 12.5. The number of sulfonamides is 1. The van der Waals surface area contributed by atoms with E-state index < -0.39 is 10.0 Å². The minimum atomic E-state index is -3.33. The van der Waals surface area contributed by atoms with E-state index in [0.717, 1.165) is 19.3 Å². The Balaban J connectivity index is 1.93. The Hall–Kier alpha value is -0.430. The summed E-state index contributed by atoms with van der Waals surface area (Å²) in [5, 5.41) is 3.49. The van der Waals surface area contributed by atoms with Crippen molar-refractivity contribution < 1.29 is 13.2 Å². The lowest BCUT2D eigenvalue weighted by atomic mass is 10.0. The van der Waals surface area contributed by atoms with Gasteiger partial charge in [0.25, 0.3) is 0 Å². The van der Waals surface area contributed by atoms with Crippen molar-refractivity contribution in [3.63, 3.8) is 0 Å². The number of hydrogen-bond acceptors (Lipinski definition) is 4. The minimum absolute atomic E-state index is 0.0379. The molecule has 1 saturated heterocycles. The smallest absolute Gasteiger partial charge is 0.244 e. The van der Waals surface area contributed by atoms with Gasteiger partial charge in [0.15, 0.2) is 0 Å². The Bertz CT molecular complexity index is 496. The van der Waals surface area contributed by atoms with Gasteiger partial charge in [-0.3, -0.25) is 0 Å². The fourth-order valence-electron chi connectivity index (χ4n) is 2.39. The summed E-state index contributed by atoms with van der Waals surface area (Å²) < 4.78 is 32.2. The lowest BCUT2D eigenvalue weighted by Crippen LogP contribution is -2.45. The molecule has 0 aromatic carbocycles. The summed E-state index contributed by atoms with van der Waals surface area (Å²) in [7, 11) is -3.33. The molecule has 0 aliphatic carbocycles. The Morgan fingerprint density at radius 3 is 2.95 bits per heavy atom. The molecule has 4 nitrogen and oxygen atoms in total. The molecule has 1 unspecified atom stereocenters. The zero-order chi connectivity index (χ0) is 14.6. The van der Waals surface area contributed by atoms with Crippen molar-refractivity contribution in [2.45, 2.75) is 44.1 Å². The van der Waals surface area contributed by atoms with Crippen LogP contribution in [0.4, 0.5) is 0 Å². The zero-order valence-corrected chi connectivity index (χ0v) is 13.8. The first-order chi connectivity index (χ1) is 9.50. The molecule has 0 amide bonds. The molecule has 1 atom stereocenters. The van der Waals surface area contributed by atoms with Crippen LogP contribution < -0.4 is 0 Å². The number of ether oxygens (including phenoxy) is 1. The molecular weight excluding hydrogens is 294 g/mol. The van der Waals surface area contributed by atoms with Crippen LogP contribution in [0, 0.1) is 5.92 Å². The molecule has 0 bridgehead atoms. The topological polar surface area (TPSA) is 46.6 Å². The molecule has 0 radical (unpaired) electrons. The highest BCUT2D eigenvalue weighted by molar-refractivity contribution is 7.89. The molecule has 2 rings (SSSR count). The van der Waals surface area contributed by atoms with Crippen molar-refractivity contribution in [2.75, 3.05) is 19.7 Å². The Kier molecular flexibility index (Phi) is 5.60. The second-order valence-electron chi connectivity index (χ2n) is 5.64. The molecule has 1 aromatic rings. The maximum absolute atomic E-state index is 12.5. The van der Waals surface area contributed by atoms with Crippen molar-refractivity contribution >= 4 is 21.4 Å². The average molecular weight is 317 g/mol. The summed E-state index contributed by atoms with van der Waals surface area (Å²) in [5.74, 6) is 0.684. The molecule has 1 aliphatic rings. The summed E-state index contributed by atoms with van der Waals surface area (Å²) in [5.41, 5.74) is 0. The van der Waals surface area contributed by atoms with Crippen molar-refractivity contribution in [2.24, 2.45) is 5.92 Å². The molecule has 114 valence electrons. The Morgan fingerprint density at radius 1 is 1.50 bits per heavy atom. The van der Waals surface area contributed by atoms with Crippen LogP contribution in [0.2, 0.25) is 0 Å². The summed E-state index contributed by atoms with van der Waals surface area (Å²) in [6, 6.07) is 1.67. The van der Waals surface area contributed by atoms with Crippen LogP contribution in [0.5, 0.6) is 0 Å². The van der Waals surface area contributed by atoms with E-state index in [1.807, 2.05) is 0 Å². The van der Waals surface area contributed by atoms with Crippen LogP contribution >= 0.6 is 11.3 Å². The normalized spacial score (nSPS) is 21.4. The molecule has 6 heteroatoms. The summed E-state index contributed by atoms with van der Waals surface area (Å²) >= 11 is 1.41. The number of rotatable bonds is 6. The third-order valence-electron chi connectivity index (χ3n) is 3.54. The molecule has 0 N–H and O–H groups in total. The van der Waals surface area contributed by atoms with Gasteiger partial charge in [0.05, 0.1) is 17.6 Å². The predicted molar refractivity (Wildman–Crippen MR) is 81.5 cm³/mol. The first kappa shape index (κ1) is 15.9. The van der Waals surface area contributed by atoms with Crippen molar-refractivity contribution in [1.82, 2.24) is 4.31 Å². The highest BCUT2D eigenvalue weighted by Gasteiger charge is 2.30. The van der Waals surface area contributed by atoms with Gasteiger partial charge in [-0.05, 0) is 23.8 Å². The predicted octanol–water partition coefficient (Wildman–Crippen LogP) is 2.96. The Labute approximate surface area is 125 Å². The van der Waals surface area contributed by atoms with E-state index in [4.69, 9.17) is 4.74 Å².